The number of hydrogen-bond acceptors (Lipinski definition) is 3. The quantitative estimate of drug-likeness (QED) is 0.597. The van der Waals surface area contributed by atoms with Crippen molar-refractivity contribution >= 4 is 5.96 Å². The molecule has 0 bridgehead atoms. The molecular formula is C18H22F2N4O. The normalized spacial score (nSPS) is 11.3. The number of benzene rings is 1. The van der Waals surface area contributed by atoms with E-state index in [9.17, 15) is 8.78 Å². The van der Waals surface area contributed by atoms with Crippen LogP contribution < -0.4 is 15.4 Å². The summed E-state index contributed by atoms with van der Waals surface area (Å²) in [6.07, 6.45) is 2.57. The number of aromatic nitrogens is 1. The smallest absolute Gasteiger partial charge is 0.218 e. The number of ether oxygens (including phenoxy) is 1. The van der Waals surface area contributed by atoms with Crippen LogP contribution in [0.1, 0.15) is 24.5 Å². The van der Waals surface area contributed by atoms with Crippen LogP contribution in [0.4, 0.5) is 8.78 Å². The fourth-order valence-corrected chi connectivity index (χ4v) is 2.14. The molecule has 5 nitrogen and oxygen atoms in total. The Bertz CT molecular complexity index is 722. The van der Waals surface area contributed by atoms with E-state index in [1.807, 2.05) is 19.1 Å². The first-order chi connectivity index (χ1) is 12.1. The maximum absolute atomic E-state index is 13.7. The van der Waals surface area contributed by atoms with Crippen molar-refractivity contribution in [2.75, 3.05) is 13.7 Å². The second kappa shape index (κ2) is 9.56. The van der Waals surface area contributed by atoms with E-state index in [0.717, 1.165) is 30.2 Å². The maximum Gasteiger partial charge on any atom is 0.218 e. The number of pyridine rings is 1. The fraction of sp³-hybridized carbons (Fsp3) is 0.333. The molecule has 0 amide bonds. The summed E-state index contributed by atoms with van der Waals surface area (Å²) in [6, 6.07) is 7.09. The van der Waals surface area contributed by atoms with Crippen molar-refractivity contribution in [1.82, 2.24) is 15.6 Å². The average Bonchev–Trinajstić information content (AvgIpc) is 2.63. The van der Waals surface area contributed by atoms with E-state index in [0.29, 0.717) is 25.0 Å². The molecule has 1 aromatic heterocycles. The topological polar surface area (TPSA) is 58.5 Å². The Kier molecular flexibility index (Phi) is 7.13. The Morgan fingerprint density at radius 3 is 2.64 bits per heavy atom. The van der Waals surface area contributed by atoms with E-state index >= 15 is 0 Å². The number of nitrogens with zero attached hydrogens (tertiary/aromatic N) is 2. The van der Waals surface area contributed by atoms with Crippen LogP contribution in [0.2, 0.25) is 0 Å². The highest BCUT2D eigenvalue weighted by atomic mass is 19.1. The third-order valence-electron chi connectivity index (χ3n) is 3.42. The highest BCUT2D eigenvalue weighted by molar-refractivity contribution is 5.79. The van der Waals surface area contributed by atoms with Gasteiger partial charge in [0.1, 0.15) is 11.6 Å². The second-order valence-electron chi connectivity index (χ2n) is 5.33. The van der Waals surface area contributed by atoms with E-state index in [2.05, 4.69) is 20.6 Å². The van der Waals surface area contributed by atoms with Gasteiger partial charge in [0.25, 0.3) is 0 Å². The predicted molar refractivity (Wildman–Crippen MR) is 93.4 cm³/mol. The molecular weight excluding hydrogens is 326 g/mol. The molecule has 0 fully saturated rings. The molecule has 0 aliphatic rings. The second-order valence-corrected chi connectivity index (χ2v) is 5.33. The van der Waals surface area contributed by atoms with Gasteiger partial charge in [-0.15, -0.1) is 0 Å². The highest BCUT2D eigenvalue weighted by Crippen LogP contribution is 2.14. The lowest BCUT2D eigenvalue weighted by Crippen LogP contribution is -2.36. The molecule has 0 radical (unpaired) electrons. The SMILES string of the molecule is CCCOc1ncccc1CNC(=NC)NCc1cc(F)ccc1F. The van der Waals surface area contributed by atoms with Gasteiger partial charge >= 0.3 is 0 Å². The number of aliphatic imine (C=N–C) groups is 1. The number of guanidine groups is 1. The Morgan fingerprint density at radius 1 is 1.16 bits per heavy atom. The van der Waals surface area contributed by atoms with Crippen molar-refractivity contribution in [1.29, 1.82) is 0 Å². The van der Waals surface area contributed by atoms with Gasteiger partial charge in [-0.25, -0.2) is 13.8 Å². The molecule has 0 saturated heterocycles. The summed E-state index contributed by atoms with van der Waals surface area (Å²) in [7, 11) is 1.61. The molecule has 2 aromatic rings. The summed E-state index contributed by atoms with van der Waals surface area (Å²) < 4.78 is 32.5. The number of rotatable bonds is 7. The van der Waals surface area contributed by atoms with Crippen molar-refractivity contribution in [2.24, 2.45) is 4.99 Å². The Hall–Kier alpha value is -2.70. The fourth-order valence-electron chi connectivity index (χ4n) is 2.14. The lowest BCUT2D eigenvalue weighted by atomic mass is 10.2. The van der Waals surface area contributed by atoms with Gasteiger partial charge in [-0.1, -0.05) is 13.0 Å². The lowest BCUT2D eigenvalue weighted by molar-refractivity contribution is 0.301. The Balaban J connectivity index is 1.94. The van der Waals surface area contributed by atoms with Gasteiger partial charge in [-0.05, 0) is 30.7 Å². The van der Waals surface area contributed by atoms with Gasteiger partial charge in [0, 0.05) is 37.5 Å². The van der Waals surface area contributed by atoms with Gasteiger partial charge in [0.15, 0.2) is 5.96 Å². The van der Waals surface area contributed by atoms with Gasteiger partial charge in [0.05, 0.1) is 6.61 Å². The summed E-state index contributed by atoms with van der Waals surface area (Å²) in [5, 5.41) is 6.07. The van der Waals surface area contributed by atoms with Crippen molar-refractivity contribution in [3.63, 3.8) is 0 Å². The van der Waals surface area contributed by atoms with Crippen molar-refractivity contribution in [2.45, 2.75) is 26.4 Å². The first-order valence-corrected chi connectivity index (χ1v) is 8.09. The zero-order valence-corrected chi connectivity index (χ0v) is 14.4. The summed E-state index contributed by atoms with van der Waals surface area (Å²) in [5.41, 5.74) is 1.12. The molecule has 2 rings (SSSR count). The monoisotopic (exact) mass is 348 g/mol. The highest BCUT2D eigenvalue weighted by Gasteiger charge is 2.08. The number of halogens is 2. The standard InChI is InChI=1S/C18H22F2N4O/c1-3-9-25-17-13(5-4-8-22-17)11-23-18(21-2)24-12-14-10-15(19)6-7-16(14)20/h4-8,10H,3,9,11-12H2,1-2H3,(H2,21,23,24). The molecule has 0 saturated carbocycles. The lowest BCUT2D eigenvalue weighted by Gasteiger charge is -2.14. The maximum atomic E-state index is 13.7. The van der Waals surface area contributed by atoms with Crippen molar-refractivity contribution in [3.05, 3.63) is 59.3 Å². The van der Waals surface area contributed by atoms with Crippen LogP contribution in [0.15, 0.2) is 41.5 Å². The third kappa shape index (κ3) is 5.70. The van der Waals surface area contributed by atoms with Crippen LogP contribution in [-0.2, 0) is 13.1 Å². The molecule has 25 heavy (non-hydrogen) atoms. The Morgan fingerprint density at radius 2 is 1.92 bits per heavy atom. The molecule has 1 aromatic carbocycles. The molecule has 0 aliphatic heterocycles. The zero-order chi connectivity index (χ0) is 18.1. The summed E-state index contributed by atoms with van der Waals surface area (Å²) >= 11 is 0. The number of nitrogens with one attached hydrogen (secondary N) is 2. The van der Waals surface area contributed by atoms with E-state index < -0.39 is 11.6 Å². The largest absolute Gasteiger partial charge is 0.477 e. The van der Waals surface area contributed by atoms with Crippen LogP contribution >= 0.6 is 0 Å². The minimum atomic E-state index is -0.478. The van der Waals surface area contributed by atoms with Gasteiger partial charge in [-0.2, -0.15) is 0 Å². The molecule has 7 heteroatoms. The average molecular weight is 348 g/mol. The molecule has 0 spiro atoms. The van der Waals surface area contributed by atoms with Crippen LogP contribution in [0.5, 0.6) is 5.88 Å². The van der Waals surface area contributed by atoms with Crippen LogP contribution in [0.25, 0.3) is 0 Å². The first kappa shape index (κ1) is 18.6. The van der Waals surface area contributed by atoms with Crippen molar-refractivity contribution < 1.29 is 13.5 Å². The summed E-state index contributed by atoms with van der Waals surface area (Å²) in [6.45, 7) is 3.18. The minimum absolute atomic E-state index is 0.121. The molecule has 0 aliphatic carbocycles. The number of hydrogen-bond donors (Lipinski definition) is 2. The molecule has 0 atom stereocenters. The summed E-state index contributed by atoms with van der Waals surface area (Å²) in [4.78, 5) is 8.30. The van der Waals surface area contributed by atoms with Crippen LogP contribution in [-0.4, -0.2) is 24.6 Å². The van der Waals surface area contributed by atoms with E-state index in [4.69, 9.17) is 4.74 Å². The third-order valence-corrected chi connectivity index (χ3v) is 3.42. The zero-order valence-electron chi connectivity index (χ0n) is 14.4. The molecule has 1 heterocycles. The Labute approximate surface area is 146 Å². The van der Waals surface area contributed by atoms with Crippen LogP contribution in [0.3, 0.4) is 0 Å². The predicted octanol–water partition coefficient (Wildman–Crippen LogP) is 3.01. The van der Waals surface area contributed by atoms with Gasteiger partial charge in [-0.3, -0.25) is 4.99 Å². The van der Waals surface area contributed by atoms with E-state index in [-0.39, 0.29) is 12.1 Å². The minimum Gasteiger partial charge on any atom is -0.477 e. The van der Waals surface area contributed by atoms with Crippen molar-refractivity contribution in [3.8, 4) is 5.88 Å². The molecule has 134 valence electrons. The molecule has 0 unspecified atom stereocenters. The van der Waals surface area contributed by atoms with Crippen LogP contribution in [0, 0.1) is 11.6 Å². The molecule has 2 N–H and O–H groups in total. The van der Waals surface area contributed by atoms with E-state index in [1.54, 1.807) is 13.2 Å². The first-order valence-electron chi connectivity index (χ1n) is 8.09. The summed E-state index contributed by atoms with van der Waals surface area (Å²) in [5.74, 6) is 0.0959. The van der Waals surface area contributed by atoms with E-state index in [1.165, 1.54) is 0 Å². The van der Waals surface area contributed by atoms with Gasteiger partial charge in [0.2, 0.25) is 5.88 Å². The van der Waals surface area contributed by atoms with Gasteiger partial charge < -0.3 is 15.4 Å².